The fraction of sp³-hybridized carbons (Fsp3) is 0.500. The first-order valence-corrected chi connectivity index (χ1v) is 10.4. The van der Waals surface area contributed by atoms with E-state index in [0.29, 0.717) is 18.2 Å². The van der Waals surface area contributed by atoms with Crippen LogP contribution in [0.15, 0.2) is 35.1 Å². The highest BCUT2D eigenvalue weighted by molar-refractivity contribution is 5.92. The maximum absolute atomic E-state index is 13.1. The molecule has 1 aromatic carbocycles. The quantitative estimate of drug-likeness (QED) is 0.780. The minimum absolute atomic E-state index is 0.122. The minimum Gasteiger partial charge on any atom is -0.347 e. The standard InChI is InChI=1S/C22H27F3N4O2/c1-14-6-5-9-28(12-14)13-15(2)26-21(31)20-19(30)10-16(3)29(27-20)18-8-4-7-17(11-18)22(23,24)25/h4,7-8,10-11,14-15H,5-6,9,12-13H2,1-3H3,(H,26,31). The van der Waals surface area contributed by atoms with E-state index in [1.54, 1.807) is 6.92 Å². The molecule has 1 saturated heterocycles. The van der Waals surface area contributed by atoms with E-state index in [0.717, 1.165) is 31.6 Å². The Morgan fingerprint density at radius 1 is 1.32 bits per heavy atom. The number of aryl methyl sites for hydroxylation is 1. The first-order chi connectivity index (χ1) is 14.5. The van der Waals surface area contributed by atoms with Crippen molar-refractivity contribution in [3.05, 3.63) is 57.5 Å². The molecule has 2 unspecified atom stereocenters. The molecule has 1 aliphatic rings. The van der Waals surface area contributed by atoms with Gasteiger partial charge >= 0.3 is 6.18 Å². The Kier molecular flexibility index (Phi) is 6.83. The van der Waals surface area contributed by atoms with Crippen molar-refractivity contribution in [2.24, 2.45) is 5.92 Å². The van der Waals surface area contributed by atoms with Crippen molar-refractivity contribution in [1.82, 2.24) is 20.0 Å². The lowest BCUT2D eigenvalue weighted by molar-refractivity contribution is -0.137. The Morgan fingerprint density at radius 3 is 2.74 bits per heavy atom. The van der Waals surface area contributed by atoms with E-state index in [-0.39, 0.29) is 17.4 Å². The predicted octanol–water partition coefficient (Wildman–Crippen LogP) is 3.41. The average molecular weight is 436 g/mol. The maximum atomic E-state index is 13.1. The predicted molar refractivity (Wildman–Crippen MR) is 111 cm³/mol. The smallest absolute Gasteiger partial charge is 0.347 e. The molecule has 2 atom stereocenters. The molecular weight excluding hydrogens is 409 g/mol. The van der Waals surface area contributed by atoms with Gasteiger partial charge in [0, 0.05) is 30.9 Å². The van der Waals surface area contributed by atoms with Crippen molar-refractivity contribution < 1.29 is 18.0 Å². The van der Waals surface area contributed by atoms with Gasteiger partial charge in [0.1, 0.15) is 0 Å². The number of alkyl halides is 3. The number of carbonyl (C=O) groups excluding carboxylic acids is 1. The summed E-state index contributed by atoms with van der Waals surface area (Å²) in [5.74, 6) is -0.0293. The van der Waals surface area contributed by atoms with E-state index < -0.39 is 23.1 Å². The molecule has 168 valence electrons. The van der Waals surface area contributed by atoms with Crippen LogP contribution in [0.5, 0.6) is 0 Å². The zero-order chi connectivity index (χ0) is 22.8. The minimum atomic E-state index is -4.51. The fourth-order valence-electron chi connectivity index (χ4n) is 3.96. The van der Waals surface area contributed by atoms with Gasteiger partial charge in [-0.15, -0.1) is 0 Å². The average Bonchev–Trinajstić information content (AvgIpc) is 2.67. The first kappa shape index (κ1) is 23.0. The van der Waals surface area contributed by atoms with Gasteiger partial charge in [-0.3, -0.25) is 9.59 Å². The van der Waals surface area contributed by atoms with Crippen LogP contribution in [-0.2, 0) is 6.18 Å². The molecule has 2 aromatic rings. The molecule has 0 spiro atoms. The van der Waals surface area contributed by atoms with E-state index in [9.17, 15) is 22.8 Å². The third-order valence-corrected chi connectivity index (χ3v) is 5.39. The summed E-state index contributed by atoms with van der Waals surface area (Å²) in [5, 5.41) is 6.88. The van der Waals surface area contributed by atoms with Crippen LogP contribution in [0.4, 0.5) is 13.2 Å². The van der Waals surface area contributed by atoms with Crippen LogP contribution in [-0.4, -0.2) is 46.3 Å². The first-order valence-electron chi connectivity index (χ1n) is 10.4. The number of rotatable bonds is 5. The number of amides is 1. The number of aromatic nitrogens is 2. The lowest BCUT2D eigenvalue weighted by atomic mass is 10.00. The van der Waals surface area contributed by atoms with Crippen LogP contribution in [0.2, 0.25) is 0 Å². The Morgan fingerprint density at radius 2 is 2.06 bits per heavy atom. The second kappa shape index (κ2) is 9.21. The number of likely N-dealkylation sites (tertiary alicyclic amines) is 1. The summed E-state index contributed by atoms with van der Waals surface area (Å²) in [6.45, 7) is 8.19. The number of carbonyl (C=O) groups is 1. The third-order valence-electron chi connectivity index (χ3n) is 5.39. The summed E-state index contributed by atoms with van der Waals surface area (Å²) >= 11 is 0. The van der Waals surface area contributed by atoms with E-state index in [4.69, 9.17) is 0 Å². The number of halogens is 3. The highest BCUT2D eigenvalue weighted by Crippen LogP contribution is 2.30. The molecule has 1 amide bonds. The molecule has 0 bridgehead atoms. The fourth-order valence-corrected chi connectivity index (χ4v) is 3.96. The Bertz CT molecular complexity index is 1000. The summed E-state index contributed by atoms with van der Waals surface area (Å²) < 4.78 is 40.4. The van der Waals surface area contributed by atoms with Crippen LogP contribution < -0.4 is 10.7 Å². The second-order valence-electron chi connectivity index (χ2n) is 8.34. The van der Waals surface area contributed by atoms with Gasteiger partial charge in [0.15, 0.2) is 5.69 Å². The normalized spacial score (nSPS) is 18.6. The number of hydrogen-bond acceptors (Lipinski definition) is 4. The van der Waals surface area contributed by atoms with Crippen molar-refractivity contribution >= 4 is 5.91 Å². The third kappa shape index (κ3) is 5.72. The summed E-state index contributed by atoms with van der Waals surface area (Å²) in [5.41, 5.74) is -1.30. The molecule has 0 radical (unpaired) electrons. The van der Waals surface area contributed by atoms with Gasteiger partial charge < -0.3 is 10.2 Å². The van der Waals surface area contributed by atoms with E-state index in [1.807, 2.05) is 6.92 Å². The van der Waals surface area contributed by atoms with Crippen LogP contribution in [0.1, 0.15) is 48.4 Å². The summed E-state index contributed by atoms with van der Waals surface area (Å²) in [4.78, 5) is 27.4. The van der Waals surface area contributed by atoms with Gasteiger partial charge in [0.2, 0.25) is 5.43 Å². The largest absolute Gasteiger partial charge is 0.416 e. The van der Waals surface area contributed by atoms with Gasteiger partial charge in [-0.25, -0.2) is 4.68 Å². The van der Waals surface area contributed by atoms with E-state index in [1.165, 1.54) is 29.3 Å². The molecule has 9 heteroatoms. The molecule has 0 aliphatic carbocycles. The molecule has 6 nitrogen and oxygen atoms in total. The van der Waals surface area contributed by atoms with E-state index in [2.05, 4.69) is 22.2 Å². The lowest BCUT2D eigenvalue weighted by Gasteiger charge is -2.32. The number of nitrogens with zero attached hydrogens (tertiary/aromatic N) is 3. The molecule has 1 aromatic heterocycles. The topological polar surface area (TPSA) is 67.2 Å². The maximum Gasteiger partial charge on any atom is 0.416 e. The zero-order valence-corrected chi connectivity index (χ0v) is 17.9. The van der Waals surface area contributed by atoms with Crippen molar-refractivity contribution in [1.29, 1.82) is 0 Å². The molecular formula is C22H27F3N4O2. The van der Waals surface area contributed by atoms with Gasteiger partial charge in [0.05, 0.1) is 11.3 Å². The van der Waals surface area contributed by atoms with Crippen LogP contribution >= 0.6 is 0 Å². The van der Waals surface area contributed by atoms with Gasteiger partial charge in [-0.2, -0.15) is 18.3 Å². The van der Waals surface area contributed by atoms with Crippen molar-refractivity contribution in [3.63, 3.8) is 0 Å². The SMILES string of the molecule is Cc1cc(=O)c(C(=O)NC(C)CN2CCCC(C)C2)nn1-c1cccc(C(F)(F)F)c1. The Hall–Kier alpha value is -2.68. The van der Waals surface area contributed by atoms with Crippen molar-refractivity contribution in [3.8, 4) is 5.69 Å². The molecule has 31 heavy (non-hydrogen) atoms. The number of nitrogens with one attached hydrogen (secondary N) is 1. The number of benzene rings is 1. The monoisotopic (exact) mass is 436 g/mol. The summed E-state index contributed by atoms with van der Waals surface area (Å²) in [6.07, 6.45) is -2.20. The van der Waals surface area contributed by atoms with Crippen LogP contribution in [0.3, 0.4) is 0 Å². The van der Waals surface area contributed by atoms with Gasteiger partial charge in [0.25, 0.3) is 5.91 Å². The highest BCUT2D eigenvalue weighted by Gasteiger charge is 2.30. The zero-order valence-electron chi connectivity index (χ0n) is 17.9. The number of piperidine rings is 1. The second-order valence-corrected chi connectivity index (χ2v) is 8.34. The summed E-state index contributed by atoms with van der Waals surface area (Å²) in [6, 6.07) is 5.60. The van der Waals surface area contributed by atoms with Crippen LogP contribution in [0.25, 0.3) is 5.69 Å². The lowest BCUT2D eigenvalue weighted by Crippen LogP contribution is -2.46. The Labute approximate surface area is 179 Å². The highest BCUT2D eigenvalue weighted by atomic mass is 19.4. The molecule has 1 N–H and O–H groups in total. The van der Waals surface area contributed by atoms with Crippen molar-refractivity contribution in [2.45, 2.75) is 45.8 Å². The van der Waals surface area contributed by atoms with Crippen molar-refractivity contribution in [2.75, 3.05) is 19.6 Å². The van der Waals surface area contributed by atoms with Crippen LogP contribution in [0, 0.1) is 12.8 Å². The number of hydrogen-bond donors (Lipinski definition) is 1. The Balaban J connectivity index is 1.80. The van der Waals surface area contributed by atoms with Gasteiger partial charge in [-0.05, 0) is 57.4 Å². The van der Waals surface area contributed by atoms with E-state index >= 15 is 0 Å². The molecule has 2 heterocycles. The van der Waals surface area contributed by atoms with Gasteiger partial charge in [-0.1, -0.05) is 13.0 Å². The molecule has 1 aliphatic heterocycles. The molecule has 0 saturated carbocycles. The summed E-state index contributed by atoms with van der Waals surface area (Å²) in [7, 11) is 0. The molecule has 1 fully saturated rings. The molecule has 3 rings (SSSR count).